The fraction of sp³-hybridized carbons (Fsp3) is 0.417. The smallest absolute Gasteiger partial charge is 0.319 e. The maximum atomic E-state index is 12.9. The van der Waals surface area contributed by atoms with Crippen LogP contribution in [0.2, 0.25) is 0 Å². The number of rotatable bonds is 6. The summed E-state index contributed by atoms with van der Waals surface area (Å²) in [7, 11) is 1.67. The zero-order valence-corrected chi connectivity index (χ0v) is 18.0. The van der Waals surface area contributed by atoms with Gasteiger partial charge in [-0.1, -0.05) is 18.2 Å². The lowest BCUT2D eigenvalue weighted by Gasteiger charge is -2.32. The van der Waals surface area contributed by atoms with E-state index in [0.717, 1.165) is 38.1 Å². The van der Waals surface area contributed by atoms with E-state index >= 15 is 0 Å². The molecule has 160 valence electrons. The Morgan fingerprint density at radius 3 is 2.43 bits per heavy atom. The standard InChI is InChI=1S/C24H31N3O3/c1-17(2)25-24(29)26-21-6-4-5-20(16-21)23(28)27-13-11-19(12-14-27)15-18-7-9-22(30-3)10-8-18/h4-10,16-17,19H,11-15H2,1-3H3,(H2,25,26,29). The summed E-state index contributed by atoms with van der Waals surface area (Å²) in [6.07, 6.45) is 3.01. The predicted octanol–water partition coefficient (Wildman–Crippen LogP) is 4.32. The second-order valence-electron chi connectivity index (χ2n) is 8.12. The molecule has 0 unspecified atom stereocenters. The van der Waals surface area contributed by atoms with Crippen molar-refractivity contribution >= 4 is 17.6 Å². The Balaban J connectivity index is 1.53. The van der Waals surface area contributed by atoms with Crippen molar-refractivity contribution in [1.29, 1.82) is 0 Å². The van der Waals surface area contributed by atoms with Crippen LogP contribution in [0.15, 0.2) is 48.5 Å². The first-order valence-corrected chi connectivity index (χ1v) is 10.5. The van der Waals surface area contributed by atoms with Gasteiger partial charge in [-0.25, -0.2) is 4.79 Å². The first kappa shape index (κ1) is 21.7. The number of ether oxygens (including phenoxy) is 1. The minimum absolute atomic E-state index is 0.0193. The van der Waals surface area contributed by atoms with E-state index in [1.54, 1.807) is 31.4 Å². The zero-order valence-electron chi connectivity index (χ0n) is 18.0. The highest BCUT2D eigenvalue weighted by atomic mass is 16.5. The number of hydrogen-bond acceptors (Lipinski definition) is 3. The molecule has 1 aliphatic rings. The van der Waals surface area contributed by atoms with Gasteiger partial charge in [0.2, 0.25) is 0 Å². The SMILES string of the molecule is COc1ccc(CC2CCN(C(=O)c3cccc(NC(=O)NC(C)C)c3)CC2)cc1. The van der Waals surface area contributed by atoms with Crippen LogP contribution in [-0.2, 0) is 6.42 Å². The highest BCUT2D eigenvalue weighted by Gasteiger charge is 2.24. The van der Waals surface area contributed by atoms with Gasteiger partial charge in [-0.15, -0.1) is 0 Å². The van der Waals surface area contributed by atoms with Crippen LogP contribution < -0.4 is 15.4 Å². The number of carbonyl (C=O) groups excluding carboxylic acids is 2. The molecule has 6 heteroatoms. The number of anilines is 1. The molecule has 0 saturated carbocycles. The van der Waals surface area contributed by atoms with Gasteiger partial charge >= 0.3 is 6.03 Å². The summed E-state index contributed by atoms with van der Waals surface area (Å²) < 4.78 is 5.22. The van der Waals surface area contributed by atoms with E-state index in [1.807, 2.05) is 30.9 Å². The molecule has 6 nitrogen and oxygen atoms in total. The van der Waals surface area contributed by atoms with Gasteiger partial charge in [0.05, 0.1) is 7.11 Å². The molecule has 2 aromatic carbocycles. The molecular weight excluding hydrogens is 378 g/mol. The Kier molecular flexibility index (Phi) is 7.33. The van der Waals surface area contributed by atoms with Crippen molar-refractivity contribution in [3.63, 3.8) is 0 Å². The maximum absolute atomic E-state index is 12.9. The third-order valence-electron chi connectivity index (χ3n) is 5.37. The van der Waals surface area contributed by atoms with Crippen molar-refractivity contribution in [2.45, 2.75) is 39.2 Å². The number of nitrogens with one attached hydrogen (secondary N) is 2. The van der Waals surface area contributed by atoms with Crippen molar-refractivity contribution in [1.82, 2.24) is 10.2 Å². The van der Waals surface area contributed by atoms with E-state index in [9.17, 15) is 9.59 Å². The lowest BCUT2D eigenvalue weighted by molar-refractivity contribution is 0.0690. The second-order valence-corrected chi connectivity index (χ2v) is 8.12. The summed E-state index contributed by atoms with van der Waals surface area (Å²) >= 11 is 0. The molecule has 2 aromatic rings. The third kappa shape index (κ3) is 5.99. The molecule has 1 aliphatic heterocycles. The van der Waals surface area contributed by atoms with Crippen LogP contribution in [0, 0.1) is 5.92 Å². The van der Waals surface area contributed by atoms with Crippen LogP contribution in [0.5, 0.6) is 5.75 Å². The van der Waals surface area contributed by atoms with Crippen LogP contribution in [0.1, 0.15) is 42.6 Å². The van der Waals surface area contributed by atoms with Crippen LogP contribution in [0.3, 0.4) is 0 Å². The normalized spacial score (nSPS) is 14.5. The van der Waals surface area contributed by atoms with Crippen LogP contribution in [0.4, 0.5) is 10.5 Å². The average Bonchev–Trinajstić information content (AvgIpc) is 2.74. The van der Waals surface area contributed by atoms with E-state index in [0.29, 0.717) is 17.2 Å². The number of benzene rings is 2. The summed E-state index contributed by atoms with van der Waals surface area (Å²) in [6.45, 7) is 5.31. The minimum Gasteiger partial charge on any atom is -0.497 e. The first-order valence-electron chi connectivity index (χ1n) is 10.5. The summed E-state index contributed by atoms with van der Waals surface area (Å²) in [5.74, 6) is 1.47. The van der Waals surface area contributed by atoms with Crippen molar-refractivity contribution in [3.8, 4) is 5.75 Å². The lowest BCUT2D eigenvalue weighted by Crippen LogP contribution is -2.39. The quantitative estimate of drug-likeness (QED) is 0.746. The monoisotopic (exact) mass is 409 g/mol. The number of carbonyl (C=O) groups is 2. The lowest BCUT2D eigenvalue weighted by atomic mass is 9.90. The molecule has 30 heavy (non-hydrogen) atoms. The Morgan fingerprint density at radius 1 is 1.10 bits per heavy atom. The second kappa shape index (κ2) is 10.1. The maximum Gasteiger partial charge on any atom is 0.319 e. The third-order valence-corrected chi connectivity index (χ3v) is 5.37. The number of likely N-dealkylation sites (tertiary alicyclic amines) is 1. The minimum atomic E-state index is -0.269. The van der Waals surface area contributed by atoms with Crippen molar-refractivity contribution < 1.29 is 14.3 Å². The van der Waals surface area contributed by atoms with Gasteiger partial charge < -0.3 is 20.3 Å². The molecule has 0 atom stereocenters. The summed E-state index contributed by atoms with van der Waals surface area (Å²) in [4.78, 5) is 26.8. The average molecular weight is 410 g/mol. The van der Waals surface area contributed by atoms with E-state index in [-0.39, 0.29) is 18.0 Å². The van der Waals surface area contributed by atoms with Gasteiger partial charge in [0, 0.05) is 30.4 Å². The molecule has 2 N–H and O–H groups in total. The molecule has 0 bridgehead atoms. The predicted molar refractivity (Wildman–Crippen MR) is 119 cm³/mol. The Labute approximate surface area is 178 Å². The van der Waals surface area contributed by atoms with E-state index in [2.05, 4.69) is 22.8 Å². The molecule has 0 spiro atoms. The topological polar surface area (TPSA) is 70.7 Å². The fourth-order valence-electron chi connectivity index (χ4n) is 3.78. The molecule has 0 aromatic heterocycles. The molecule has 1 fully saturated rings. The van der Waals surface area contributed by atoms with Crippen LogP contribution in [-0.4, -0.2) is 43.1 Å². The van der Waals surface area contributed by atoms with Crippen molar-refractivity contribution in [2.24, 2.45) is 5.92 Å². The van der Waals surface area contributed by atoms with Gasteiger partial charge in [-0.3, -0.25) is 4.79 Å². The largest absolute Gasteiger partial charge is 0.497 e. The molecule has 0 aliphatic carbocycles. The highest BCUT2D eigenvalue weighted by molar-refractivity contribution is 5.97. The van der Waals surface area contributed by atoms with Gasteiger partial charge in [0.1, 0.15) is 5.75 Å². The van der Waals surface area contributed by atoms with Gasteiger partial charge in [-0.05, 0) is 74.9 Å². The number of hydrogen-bond donors (Lipinski definition) is 2. The highest BCUT2D eigenvalue weighted by Crippen LogP contribution is 2.24. The van der Waals surface area contributed by atoms with E-state index < -0.39 is 0 Å². The number of amides is 3. The first-order chi connectivity index (χ1) is 14.4. The summed E-state index contributed by atoms with van der Waals surface area (Å²) in [5, 5.41) is 5.57. The fourth-order valence-corrected chi connectivity index (χ4v) is 3.78. The molecule has 1 saturated heterocycles. The van der Waals surface area contributed by atoms with E-state index in [1.165, 1.54) is 5.56 Å². The number of urea groups is 1. The number of piperidine rings is 1. The summed E-state index contributed by atoms with van der Waals surface area (Å²) in [6, 6.07) is 15.1. The van der Waals surface area contributed by atoms with Crippen molar-refractivity contribution in [2.75, 3.05) is 25.5 Å². The van der Waals surface area contributed by atoms with Crippen LogP contribution in [0.25, 0.3) is 0 Å². The number of nitrogens with zero attached hydrogens (tertiary/aromatic N) is 1. The Bertz CT molecular complexity index is 856. The molecule has 1 heterocycles. The zero-order chi connectivity index (χ0) is 21.5. The van der Waals surface area contributed by atoms with E-state index in [4.69, 9.17) is 4.74 Å². The molecule has 3 amide bonds. The van der Waals surface area contributed by atoms with Gasteiger partial charge in [-0.2, -0.15) is 0 Å². The van der Waals surface area contributed by atoms with Gasteiger partial charge in [0.15, 0.2) is 0 Å². The Hall–Kier alpha value is -3.02. The van der Waals surface area contributed by atoms with Gasteiger partial charge in [0.25, 0.3) is 5.91 Å². The summed E-state index contributed by atoms with van der Waals surface area (Å²) in [5.41, 5.74) is 2.53. The number of methoxy groups -OCH3 is 1. The van der Waals surface area contributed by atoms with Crippen molar-refractivity contribution in [3.05, 3.63) is 59.7 Å². The molecule has 3 rings (SSSR count). The molecular formula is C24H31N3O3. The van der Waals surface area contributed by atoms with Crippen LogP contribution >= 0.6 is 0 Å². The Morgan fingerprint density at radius 2 is 1.80 bits per heavy atom. The molecule has 0 radical (unpaired) electrons.